The molecule has 49 heavy (non-hydrogen) atoms. The van der Waals surface area contributed by atoms with Gasteiger partial charge in [0.15, 0.2) is 0 Å². The molecular formula is C42H31BrMgS2Te3. The van der Waals surface area contributed by atoms with Gasteiger partial charge in [0.1, 0.15) is 0 Å². The molecule has 0 nitrogen and oxygen atoms in total. The average molecular weight is 1090 g/mol. The number of rotatable bonds is 5. The summed E-state index contributed by atoms with van der Waals surface area (Å²) < 4.78 is 12.9. The van der Waals surface area contributed by atoms with Crippen molar-refractivity contribution in [3.05, 3.63) is 180 Å². The van der Waals surface area contributed by atoms with Crippen LogP contribution in [0.3, 0.4) is 0 Å². The quantitative estimate of drug-likeness (QED) is 0.151. The van der Waals surface area contributed by atoms with Crippen LogP contribution in [0, 0.1) is 0 Å². The Labute approximate surface area is 350 Å². The van der Waals surface area contributed by atoms with Crippen LogP contribution in [0.15, 0.2) is 180 Å². The van der Waals surface area contributed by atoms with Crippen molar-refractivity contribution in [2.75, 3.05) is 0 Å². The number of hydrogen-bond donors (Lipinski definition) is 0. The molecule has 0 N–H and O–H groups in total. The minimum atomic E-state index is -0.275. The van der Waals surface area contributed by atoms with Gasteiger partial charge in [0, 0.05) is 24.6 Å². The Morgan fingerprint density at radius 2 is 0.776 bits per heavy atom. The van der Waals surface area contributed by atoms with E-state index < -0.39 is 0 Å². The maximum absolute atomic E-state index is 3.51. The molecular weight excluding hydrogens is 1060 g/mol. The number of fused-ring (bicyclic) bond motifs is 6. The van der Waals surface area contributed by atoms with Crippen LogP contribution in [-0.4, -0.2) is 78.1 Å². The zero-order chi connectivity index (χ0) is 32.5. The predicted molar refractivity (Wildman–Crippen MR) is 229 cm³/mol. The van der Waals surface area contributed by atoms with Gasteiger partial charge in [-0.25, -0.2) is 0 Å². The van der Waals surface area contributed by atoms with Crippen molar-refractivity contribution in [1.82, 2.24) is 0 Å². The number of hydrogen-bond acceptors (Lipinski definition) is 2. The molecule has 2 heterocycles. The molecule has 9 aromatic rings. The van der Waals surface area contributed by atoms with Crippen LogP contribution in [0.25, 0.3) is 40.3 Å². The number of halogens is 1. The summed E-state index contributed by atoms with van der Waals surface area (Å²) in [6.07, 6.45) is 0. The standard InChI is InChI=1S/C18H12STe.C12H7BrS.C12H10Te2.Mg.2H/c1-2-6-13(7-3-1)20-14-10-11-18-16(12-14)15-8-4-5-9-17(15)19-18;13-8-5-6-12-10(7-8)9-3-1-2-4-11(9)14-12;1-3-7-11(8-4-1)13-14-12-9-5-2-6-10-12;;;/h1-12H;1-7H;1-10H;;;/q;;;+2;2*-1. The van der Waals surface area contributed by atoms with Crippen LogP contribution in [0.4, 0.5) is 0 Å². The molecule has 0 radical (unpaired) electrons. The maximum atomic E-state index is 3.51. The van der Waals surface area contributed by atoms with Gasteiger partial charge in [-0.2, -0.15) is 0 Å². The Balaban J connectivity index is 0.000000171. The van der Waals surface area contributed by atoms with Crippen molar-refractivity contribution in [3.8, 4) is 0 Å². The van der Waals surface area contributed by atoms with Crippen LogP contribution in [0.2, 0.25) is 0 Å². The summed E-state index contributed by atoms with van der Waals surface area (Å²) in [5.41, 5.74) is 0. The fourth-order valence-corrected chi connectivity index (χ4v) is 20.2. The number of benzene rings is 7. The molecule has 0 saturated heterocycles. The van der Waals surface area contributed by atoms with Gasteiger partial charge in [0.2, 0.25) is 0 Å². The summed E-state index contributed by atoms with van der Waals surface area (Å²) in [5, 5.41) is 5.52. The van der Waals surface area contributed by atoms with Crippen molar-refractivity contribution < 1.29 is 2.85 Å². The first-order valence-corrected chi connectivity index (χ1v) is 29.8. The molecule has 0 atom stereocenters. The fraction of sp³-hybridized carbons (Fsp3) is 0. The van der Waals surface area contributed by atoms with E-state index in [1.807, 2.05) is 22.7 Å². The van der Waals surface area contributed by atoms with E-state index in [0.717, 1.165) is 4.47 Å². The molecule has 0 bridgehead atoms. The van der Waals surface area contributed by atoms with E-state index in [4.69, 9.17) is 0 Å². The summed E-state index contributed by atoms with van der Waals surface area (Å²) >= 11 is 7.17. The van der Waals surface area contributed by atoms with E-state index >= 15 is 0 Å². The van der Waals surface area contributed by atoms with E-state index in [0.29, 0.717) is 0 Å². The second-order valence-corrected chi connectivity index (χ2v) is 27.1. The van der Waals surface area contributed by atoms with Gasteiger partial charge in [0.05, 0.1) is 0 Å². The van der Waals surface area contributed by atoms with Crippen molar-refractivity contribution in [1.29, 1.82) is 0 Å². The molecule has 2 aromatic heterocycles. The van der Waals surface area contributed by atoms with Crippen molar-refractivity contribution >= 4 is 171 Å². The molecule has 0 amide bonds. The molecule has 0 unspecified atom stereocenters. The normalized spacial score (nSPS) is 10.6. The van der Waals surface area contributed by atoms with E-state index in [9.17, 15) is 0 Å². The predicted octanol–water partition coefficient (Wildman–Crippen LogP) is 9.33. The van der Waals surface area contributed by atoms with Gasteiger partial charge >= 0.3 is 258 Å². The van der Waals surface area contributed by atoms with Crippen LogP contribution >= 0.6 is 38.6 Å². The van der Waals surface area contributed by atoms with E-state index in [1.54, 1.807) is 7.22 Å². The molecule has 7 aromatic carbocycles. The van der Waals surface area contributed by atoms with Gasteiger partial charge < -0.3 is 2.85 Å². The third-order valence-corrected chi connectivity index (χ3v) is 24.9. The monoisotopic (exact) mass is 1090 g/mol. The van der Waals surface area contributed by atoms with Crippen molar-refractivity contribution in [3.63, 3.8) is 0 Å². The first-order chi connectivity index (χ1) is 23.7. The van der Waals surface area contributed by atoms with Gasteiger partial charge in [-0.3, -0.25) is 0 Å². The Kier molecular flexibility index (Phi) is 14.4. The molecule has 238 valence electrons. The Hall–Kier alpha value is -1.40. The van der Waals surface area contributed by atoms with Gasteiger partial charge in [-0.1, -0.05) is 34.1 Å². The summed E-state index contributed by atoms with van der Waals surface area (Å²) in [4.78, 5) is 0. The summed E-state index contributed by atoms with van der Waals surface area (Å²) in [5.74, 6) is 0. The third kappa shape index (κ3) is 10.1. The molecule has 0 aliphatic carbocycles. The van der Waals surface area contributed by atoms with Crippen LogP contribution in [0.5, 0.6) is 0 Å². The molecule has 0 saturated carbocycles. The SMILES string of the molecule is Brc1ccc2sc3ccccc3c2c1.[H-].[H-].[Mg+2].c1ccc([Te][Te]c2ccccc2)cc1.c1ccc([Te]c2ccc3sc4ccccc4c3c2)cc1. The summed E-state index contributed by atoms with van der Waals surface area (Å²) in [6, 6.07) is 63.5. The van der Waals surface area contributed by atoms with Crippen molar-refractivity contribution in [2.45, 2.75) is 0 Å². The van der Waals surface area contributed by atoms with Gasteiger partial charge in [-0.15, -0.1) is 11.3 Å². The fourth-order valence-electron chi connectivity index (χ4n) is 5.14. The summed E-state index contributed by atoms with van der Waals surface area (Å²) in [6.45, 7) is 0. The van der Waals surface area contributed by atoms with Gasteiger partial charge in [-0.05, 0) is 24.3 Å². The van der Waals surface area contributed by atoms with E-state index in [1.165, 1.54) is 47.6 Å². The first-order valence-electron chi connectivity index (χ1n) is 15.4. The van der Waals surface area contributed by atoms with Crippen LogP contribution < -0.4 is 14.4 Å². The molecule has 7 heteroatoms. The van der Waals surface area contributed by atoms with E-state index in [2.05, 4.69) is 192 Å². The zero-order valence-electron chi connectivity index (χ0n) is 28.4. The Bertz CT molecular complexity index is 2370. The first kappa shape index (κ1) is 37.4. The van der Waals surface area contributed by atoms with Gasteiger partial charge in [0.25, 0.3) is 0 Å². The second-order valence-electron chi connectivity index (χ2n) is 10.7. The Morgan fingerprint density at radius 1 is 0.367 bits per heavy atom. The molecule has 9 rings (SSSR count). The minimum absolute atomic E-state index is 0. The number of thiophene rings is 2. The molecule has 0 aliphatic heterocycles. The van der Waals surface area contributed by atoms with Crippen LogP contribution in [-0.2, 0) is 0 Å². The molecule has 0 fully saturated rings. The zero-order valence-corrected chi connectivity index (χ0v) is 38.0. The van der Waals surface area contributed by atoms with E-state index in [-0.39, 0.29) is 80.9 Å². The van der Waals surface area contributed by atoms with Crippen LogP contribution in [0.1, 0.15) is 2.85 Å². The molecule has 0 aliphatic rings. The molecule has 0 spiro atoms. The Morgan fingerprint density at radius 3 is 1.31 bits per heavy atom. The average Bonchev–Trinajstić information content (AvgIpc) is 3.70. The summed E-state index contributed by atoms with van der Waals surface area (Å²) in [7, 11) is 0. The third-order valence-electron chi connectivity index (χ3n) is 7.39. The second kappa shape index (κ2) is 18.9. The van der Waals surface area contributed by atoms with Crippen molar-refractivity contribution in [2.24, 2.45) is 0 Å². The topological polar surface area (TPSA) is 0 Å².